The molecule has 7 heteroatoms. The molecule has 2 amide bonds. The molecule has 1 spiro atoms. The van der Waals surface area contributed by atoms with Gasteiger partial charge in [-0.25, -0.2) is 4.39 Å². The zero-order valence-electron chi connectivity index (χ0n) is 15.4. The minimum absolute atomic E-state index is 0.0447. The van der Waals surface area contributed by atoms with Crippen molar-refractivity contribution in [2.75, 3.05) is 32.8 Å². The molecule has 2 aliphatic rings. The van der Waals surface area contributed by atoms with Crippen LogP contribution in [0.25, 0.3) is 10.9 Å². The molecule has 0 aliphatic carbocycles. The number of aryl methyl sites for hydroxylation is 1. The minimum Gasteiger partial charge on any atom is -0.395 e. The zero-order valence-corrected chi connectivity index (χ0v) is 15.4. The van der Waals surface area contributed by atoms with Crippen molar-refractivity contribution in [3.8, 4) is 0 Å². The number of β-amino-alcohol motifs (C(OH)–C–C–N with tert-alkyl or cyclic N) is 1. The van der Waals surface area contributed by atoms with Gasteiger partial charge in [-0.15, -0.1) is 0 Å². The molecule has 4 rings (SSSR count). The fraction of sp³-hybridized carbons (Fsp3) is 0.500. The van der Waals surface area contributed by atoms with E-state index >= 15 is 0 Å². The highest BCUT2D eigenvalue weighted by atomic mass is 19.1. The standard InChI is InChI=1S/C20H24FN3O3/c1-22-16-4-3-15(21)11-14(16)12-17(22)18(26)24-8-6-20(13-24)5-2-7-23(9-10-25)19(20)27/h3-4,11-12,25H,2,5-10,13H2,1H3/t20-/m1/s1. The first-order chi connectivity index (χ1) is 12.9. The second-order valence-corrected chi connectivity index (χ2v) is 7.67. The summed E-state index contributed by atoms with van der Waals surface area (Å²) in [6.07, 6.45) is 2.32. The molecule has 2 aliphatic heterocycles. The van der Waals surface area contributed by atoms with Crippen molar-refractivity contribution in [3.05, 3.63) is 35.8 Å². The zero-order chi connectivity index (χ0) is 19.2. The third-order valence-electron chi connectivity index (χ3n) is 6.06. The molecule has 3 heterocycles. The highest BCUT2D eigenvalue weighted by Crippen LogP contribution is 2.40. The number of aliphatic hydroxyl groups is 1. The molecule has 0 saturated carbocycles. The molecule has 27 heavy (non-hydrogen) atoms. The molecular formula is C20H24FN3O3. The molecule has 0 radical (unpaired) electrons. The lowest BCUT2D eigenvalue weighted by molar-refractivity contribution is -0.146. The molecule has 6 nitrogen and oxygen atoms in total. The summed E-state index contributed by atoms with van der Waals surface area (Å²) in [6, 6.07) is 6.20. The number of likely N-dealkylation sites (tertiary alicyclic amines) is 2. The summed E-state index contributed by atoms with van der Waals surface area (Å²) in [5, 5.41) is 9.88. The Kier molecular flexibility index (Phi) is 4.42. The number of amides is 2. The number of fused-ring (bicyclic) bond motifs is 1. The number of carbonyl (C=O) groups is 2. The summed E-state index contributed by atoms with van der Waals surface area (Å²) in [4.78, 5) is 29.5. The van der Waals surface area contributed by atoms with Crippen LogP contribution in [0.1, 0.15) is 29.8 Å². The summed E-state index contributed by atoms with van der Waals surface area (Å²) >= 11 is 0. The van der Waals surface area contributed by atoms with E-state index in [9.17, 15) is 19.1 Å². The van der Waals surface area contributed by atoms with Crippen molar-refractivity contribution in [2.24, 2.45) is 12.5 Å². The first kappa shape index (κ1) is 18.0. The SMILES string of the molecule is Cn1c(C(=O)N2CC[C@]3(CCCN(CCO)C3=O)C2)cc2cc(F)ccc21. The van der Waals surface area contributed by atoms with E-state index in [1.807, 2.05) is 0 Å². The van der Waals surface area contributed by atoms with Crippen LogP contribution >= 0.6 is 0 Å². The van der Waals surface area contributed by atoms with Crippen molar-refractivity contribution in [1.29, 1.82) is 0 Å². The fourth-order valence-electron chi connectivity index (χ4n) is 4.60. The van der Waals surface area contributed by atoms with Gasteiger partial charge in [0, 0.05) is 44.1 Å². The number of piperidine rings is 1. The Morgan fingerprint density at radius 2 is 2.07 bits per heavy atom. The Balaban J connectivity index is 1.58. The minimum atomic E-state index is -0.528. The van der Waals surface area contributed by atoms with E-state index in [0.29, 0.717) is 43.7 Å². The van der Waals surface area contributed by atoms with Crippen molar-refractivity contribution in [1.82, 2.24) is 14.4 Å². The lowest BCUT2D eigenvalue weighted by Gasteiger charge is -2.39. The summed E-state index contributed by atoms with van der Waals surface area (Å²) in [7, 11) is 1.80. The molecule has 2 fully saturated rings. The molecular weight excluding hydrogens is 349 g/mol. The van der Waals surface area contributed by atoms with Crippen molar-refractivity contribution >= 4 is 22.7 Å². The highest BCUT2D eigenvalue weighted by Gasteiger charge is 2.49. The third kappa shape index (κ3) is 2.90. The second-order valence-electron chi connectivity index (χ2n) is 7.67. The van der Waals surface area contributed by atoms with Gasteiger partial charge >= 0.3 is 0 Å². The van der Waals surface area contributed by atoms with Gasteiger partial charge in [0.15, 0.2) is 0 Å². The first-order valence-corrected chi connectivity index (χ1v) is 9.40. The van der Waals surface area contributed by atoms with E-state index < -0.39 is 5.41 Å². The topological polar surface area (TPSA) is 65.8 Å². The van der Waals surface area contributed by atoms with Gasteiger partial charge in [0.1, 0.15) is 11.5 Å². The number of hydrogen-bond donors (Lipinski definition) is 1. The molecule has 1 aromatic carbocycles. The van der Waals surface area contributed by atoms with Crippen LogP contribution in [0, 0.1) is 11.2 Å². The monoisotopic (exact) mass is 373 g/mol. The summed E-state index contributed by atoms with van der Waals surface area (Å²) in [5.74, 6) is -0.403. The third-order valence-corrected chi connectivity index (χ3v) is 6.06. The number of rotatable bonds is 3. The summed E-state index contributed by atoms with van der Waals surface area (Å²) in [5.41, 5.74) is 0.777. The van der Waals surface area contributed by atoms with Gasteiger partial charge in [-0.1, -0.05) is 0 Å². The number of benzene rings is 1. The van der Waals surface area contributed by atoms with Crippen molar-refractivity contribution in [2.45, 2.75) is 19.3 Å². The maximum absolute atomic E-state index is 13.5. The normalized spacial score (nSPS) is 23.0. The van der Waals surface area contributed by atoms with Gasteiger partial charge in [0.25, 0.3) is 5.91 Å². The Hall–Kier alpha value is -2.41. The summed E-state index contributed by atoms with van der Waals surface area (Å²) in [6.45, 7) is 1.92. The number of aromatic nitrogens is 1. The van der Waals surface area contributed by atoms with Crippen molar-refractivity contribution < 1.29 is 19.1 Å². The Morgan fingerprint density at radius 3 is 2.85 bits per heavy atom. The Bertz CT molecular complexity index is 907. The van der Waals surface area contributed by atoms with Gasteiger partial charge in [0.2, 0.25) is 5.91 Å². The van der Waals surface area contributed by atoms with Gasteiger partial charge in [-0.3, -0.25) is 9.59 Å². The molecule has 1 atom stereocenters. The van der Waals surface area contributed by atoms with E-state index in [1.165, 1.54) is 12.1 Å². The van der Waals surface area contributed by atoms with E-state index in [2.05, 4.69) is 0 Å². The van der Waals surface area contributed by atoms with Crippen LogP contribution < -0.4 is 0 Å². The smallest absolute Gasteiger partial charge is 0.270 e. The number of halogens is 1. The second kappa shape index (κ2) is 6.64. The predicted molar refractivity (Wildman–Crippen MR) is 98.7 cm³/mol. The number of nitrogens with zero attached hydrogens (tertiary/aromatic N) is 3. The van der Waals surface area contributed by atoms with Crippen LogP contribution in [-0.4, -0.2) is 64.1 Å². The predicted octanol–water partition coefficient (Wildman–Crippen LogP) is 1.76. The van der Waals surface area contributed by atoms with Crippen molar-refractivity contribution in [3.63, 3.8) is 0 Å². The van der Waals surface area contributed by atoms with Gasteiger partial charge in [0.05, 0.1) is 12.0 Å². The van der Waals surface area contributed by atoms with Crippen LogP contribution in [0.4, 0.5) is 4.39 Å². The van der Waals surface area contributed by atoms with Gasteiger partial charge in [-0.2, -0.15) is 0 Å². The fourth-order valence-corrected chi connectivity index (χ4v) is 4.60. The van der Waals surface area contributed by atoms with Crippen LogP contribution in [0.2, 0.25) is 0 Å². The lowest BCUT2D eigenvalue weighted by Crippen LogP contribution is -2.51. The van der Waals surface area contributed by atoms with E-state index in [4.69, 9.17) is 0 Å². The molecule has 2 saturated heterocycles. The summed E-state index contributed by atoms with van der Waals surface area (Å²) < 4.78 is 15.3. The average molecular weight is 373 g/mol. The number of aliphatic hydroxyl groups excluding tert-OH is 1. The number of hydrogen-bond acceptors (Lipinski definition) is 3. The van der Waals surface area contributed by atoms with Crippen LogP contribution in [0.3, 0.4) is 0 Å². The van der Waals surface area contributed by atoms with Crippen LogP contribution in [-0.2, 0) is 11.8 Å². The van der Waals surface area contributed by atoms with Gasteiger partial charge < -0.3 is 19.5 Å². The largest absolute Gasteiger partial charge is 0.395 e. The molecule has 1 N–H and O–H groups in total. The molecule has 1 aromatic heterocycles. The van der Waals surface area contributed by atoms with E-state index in [1.54, 1.807) is 33.5 Å². The maximum Gasteiger partial charge on any atom is 0.270 e. The molecule has 2 aromatic rings. The number of carbonyl (C=O) groups excluding carboxylic acids is 2. The van der Waals surface area contributed by atoms with Gasteiger partial charge in [-0.05, 0) is 43.5 Å². The lowest BCUT2D eigenvalue weighted by atomic mass is 9.78. The van der Waals surface area contributed by atoms with Crippen LogP contribution in [0.5, 0.6) is 0 Å². The Labute approximate surface area is 157 Å². The van der Waals surface area contributed by atoms with Crippen LogP contribution in [0.15, 0.2) is 24.3 Å². The highest BCUT2D eigenvalue weighted by molar-refractivity contribution is 5.99. The Morgan fingerprint density at radius 1 is 1.26 bits per heavy atom. The first-order valence-electron chi connectivity index (χ1n) is 9.40. The molecule has 144 valence electrons. The van der Waals surface area contributed by atoms with E-state index in [-0.39, 0.29) is 24.2 Å². The van der Waals surface area contributed by atoms with E-state index in [0.717, 1.165) is 18.4 Å². The maximum atomic E-state index is 13.5. The quantitative estimate of drug-likeness (QED) is 0.892. The molecule has 0 bridgehead atoms. The average Bonchev–Trinajstić information content (AvgIpc) is 3.21. The molecule has 0 unspecified atom stereocenters.